The highest BCUT2D eigenvalue weighted by molar-refractivity contribution is 5.92. The number of piperidine rings is 1. The summed E-state index contributed by atoms with van der Waals surface area (Å²) in [6.07, 6.45) is 1.28. The number of urea groups is 1. The zero-order chi connectivity index (χ0) is 21.5. The number of anilines is 1. The summed E-state index contributed by atoms with van der Waals surface area (Å²) in [7, 11) is 3.21. The van der Waals surface area contributed by atoms with Crippen LogP contribution in [0, 0.1) is 5.92 Å². The van der Waals surface area contributed by atoms with E-state index in [0.717, 1.165) is 11.3 Å². The van der Waals surface area contributed by atoms with Crippen molar-refractivity contribution in [2.45, 2.75) is 25.8 Å². The lowest BCUT2D eigenvalue weighted by Gasteiger charge is -2.32. The number of hydrogen-bond donors (Lipinski definition) is 2. The molecule has 0 spiro atoms. The van der Waals surface area contributed by atoms with Crippen molar-refractivity contribution in [3.05, 3.63) is 54.1 Å². The van der Waals surface area contributed by atoms with Gasteiger partial charge in [-0.05, 0) is 50.1 Å². The van der Waals surface area contributed by atoms with Crippen molar-refractivity contribution >= 4 is 17.6 Å². The maximum Gasteiger partial charge on any atom is 0.317 e. The monoisotopic (exact) mass is 411 g/mol. The molecule has 1 aliphatic heterocycles. The van der Waals surface area contributed by atoms with Crippen LogP contribution in [0.3, 0.4) is 0 Å². The molecule has 1 atom stereocenters. The number of amides is 3. The molecule has 2 aromatic rings. The summed E-state index contributed by atoms with van der Waals surface area (Å²) in [4.78, 5) is 27.0. The minimum atomic E-state index is -0.248. The second kappa shape index (κ2) is 10.0. The molecule has 1 heterocycles. The molecule has 0 unspecified atom stereocenters. The fourth-order valence-electron chi connectivity index (χ4n) is 3.64. The minimum absolute atomic E-state index is 0.00995. The first kappa shape index (κ1) is 21.5. The summed E-state index contributed by atoms with van der Waals surface area (Å²) in [6.45, 7) is 3.00. The number of para-hydroxylation sites is 1. The Morgan fingerprint density at radius 1 is 1.03 bits per heavy atom. The van der Waals surface area contributed by atoms with E-state index >= 15 is 0 Å². The van der Waals surface area contributed by atoms with Crippen LogP contribution < -0.4 is 20.1 Å². The number of nitrogens with zero attached hydrogens (tertiary/aromatic N) is 1. The average molecular weight is 412 g/mol. The second-order valence-electron chi connectivity index (χ2n) is 7.40. The van der Waals surface area contributed by atoms with E-state index < -0.39 is 0 Å². The Hall–Kier alpha value is -3.22. The molecule has 160 valence electrons. The molecule has 0 bridgehead atoms. The lowest BCUT2D eigenvalue weighted by molar-refractivity contribution is -0.121. The highest BCUT2D eigenvalue weighted by atomic mass is 16.5. The standard InChI is InChI=1S/C23H29N3O4/c1-16(20-15-19(29-2)9-10-21(20)30-3)24-23(28)26-13-11-17(12-14-26)22(27)25-18-7-5-4-6-8-18/h4-10,15-17H,11-14H2,1-3H3,(H,24,28)(H,25,27)/t16-/m1/s1. The van der Waals surface area contributed by atoms with Gasteiger partial charge in [-0.2, -0.15) is 0 Å². The SMILES string of the molecule is COc1ccc(OC)c([C@@H](C)NC(=O)N2CCC(C(=O)Nc3ccccc3)CC2)c1. The van der Waals surface area contributed by atoms with E-state index in [2.05, 4.69) is 10.6 Å². The van der Waals surface area contributed by atoms with Crippen molar-refractivity contribution in [3.63, 3.8) is 0 Å². The number of methoxy groups -OCH3 is 2. The number of hydrogen-bond acceptors (Lipinski definition) is 4. The van der Waals surface area contributed by atoms with Crippen molar-refractivity contribution in [1.29, 1.82) is 0 Å². The molecule has 2 N–H and O–H groups in total. The third-order valence-corrected chi connectivity index (χ3v) is 5.44. The Morgan fingerprint density at radius 3 is 2.37 bits per heavy atom. The predicted octanol–water partition coefficient (Wildman–Crippen LogP) is 3.83. The minimum Gasteiger partial charge on any atom is -0.497 e. The van der Waals surface area contributed by atoms with Gasteiger partial charge in [0, 0.05) is 30.3 Å². The molecule has 3 rings (SSSR count). The first-order valence-electron chi connectivity index (χ1n) is 10.1. The van der Waals surface area contributed by atoms with Gasteiger partial charge in [0.25, 0.3) is 0 Å². The molecule has 0 aliphatic carbocycles. The van der Waals surface area contributed by atoms with Gasteiger partial charge in [0.05, 0.1) is 20.3 Å². The molecule has 30 heavy (non-hydrogen) atoms. The summed E-state index contributed by atoms with van der Waals surface area (Å²) < 4.78 is 10.7. The molecule has 1 fully saturated rings. The van der Waals surface area contributed by atoms with E-state index in [1.54, 1.807) is 19.1 Å². The topological polar surface area (TPSA) is 79.9 Å². The Morgan fingerprint density at radius 2 is 1.73 bits per heavy atom. The first-order valence-corrected chi connectivity index (χ1v) is 10.1. The molecular weight excluding hydrogens is 382 g/mol. The van der Waals surface area contributed by atoms with Crippen molar-refractivity contribution in [3.8, 4) is 11.5 Å². The second-order valence-corrected chi connectivity index (χ2v) is 7.40. The van der Waals surface area contributed by atoms with Gasteiger partial charge in [0.2, 0.25) is 5.91 Å². The van der Waals surface area contributed by atoms with Gasteiger partial charge >= 0.3 is 6.03 Å². The summed E-state index contributed by atoms with van der Waals surface area (Å²) >= 11 is 0. The van der Waals surface area contributed by atoms with Gasteiger partial charge in [-0.25, -0.2) is 4.79 Å². The van der Waals surface area contributed by atoms with Crippen LogP contribution in [0.2, 0.25) is 0 Å². The largest absolute Gasteiger partial charge is 0.497 e. The van der Waals surface area contributed by atoms with Crippen LogP contribution in [0.4, 0.5) is 10.5 Å². The molecule has 0 saturated carbocycles. The summed E-state index contributed by atoms with van der Waals surface area (Å²) in [6, 6.07) is 14.6. The molecule has 3 amide bonds. The fourth-order valence-corrected chi connectivity index (χ4v) is 3.64. The Labute approximate surface area is 177 Å². The third-order valence-electron chi connectivity index (χ3n) is 5.44. The number of rotatable bonds is 6. The quantitative estimate of drug-likeness (QED) is 0.757. The van der Waals surface area contributed by atoms with Gasteiger partial charge < -0.3 is 25.0 Å². The normalized spacial score (nSPS) is 15.2. The number of ether oxygens (including phenoxy) is 2. The van der Waals surface area contributed by atoms with Crippen LogP contribution in [-0.4, -0.2) is 44.1 Å². The van der Waals surface area contributed by atoms with Gasteiger partial charge in [-0.3, -0.25) is 4.79 Å². The molecule has 2 aromatic carbocycles. The van der Waals surface area contributed by atoms with Crippen LogP contribution in [0.25, 0.3) is 0 Å². The Kier molecular flexibility index (Phi) is 7.17. The maximum absolute atomic E-state index is 12.7. The van der Waals surface area contributed by atoms with E-state index in [1.165, 1.54) is 0 Å². The molecule has 7 heteroatoms. The van der Waals surface area contributed by atoms with Crippen LogP contribution >= 0.6 is 0 Å². The van der Waals surface area contributed by atoms with Crippen LogP contribution in [0.15, 0.2) is 48.5 Å². The zero-order valence-corrected chi connectivity index (χ0v) is 17.7. The molecule has 0 radical (unpaired) electrons. The van der Waals surface area contributed by atoms with Gasteiger partial charge in [0.15, 0.2) is 0 Å². The summed E-state index contributed by atoms with van der Waals surface area (Å²) in [5.74, 6) is 1.32. The number of nitrogens with one attached hydrogen (secondary N) is 2. The molecular formula is C23H29N3O4. The highest BCUT2D eigenvalue weighted by Crippen LogP contribution is 2.29. The van der Waals surface area contributed by atoms with Crippen molar-refractivity contribution < 1.29 is 19.1 Å². The van der Waals surface area contributed by atoms with Gasteiger partial charge in [-0.1, -0.05) is 18.2 Å². The van der Waals surface area contributed by atoms with Crippen molar-refractivity contribution in [1.82, 2.24) is 10.2 Å². The van der Waals surface area contributed by atoms with E-state index in [-0.39, 0.29) is 23.9 Å². The van der Waals surface area contributed by atoms with Gasteiger partial charge in [-0.15, -0.1) is 0 Å². The lowest BCUT2D eigenvalue weighted by Crippen LogP contribution is -2.46. The number of likely N-dealkylation sites (tertiary alicyclic amines) is 1. The number of carbonyl (C=O) groups excluding carboxylic acids is 2. The highest BCUT2D eigenvalue weighted by Gasteiger charge is 2.28. The molecule has 7 nitrogen and oxygen atoms in total. The summed E-state index contributed by atoms with van der Waals surface area (Å²) in [5.41, 5.74) is 1.64. The van der Waals surface area contributed by atoms with E-state index in [0.29, 0.717) is 37.4 Å². The lowest BCUT2D eigenvalue weighted by atomic mass is 9.96. The maximum atomic E-state index is 12.7. The molecule has 1 saturated heterocycles. The van der Waals surface area contributed by atoms with Crippen molar-refractivity contribution in [2.75, 3.05) is 32.6 Å². The predicted molar refractivity (Wildman–Crippen MR) is 116 cm³/mol. The average Bonchev–Trinajstić information content (AvgIpc) is 2.79. The zero-order valence-electron chi connectivity index (χ0n) is 17.7. The van der Waals surface area contributed by atoms with Crippen LogP contribution in [0.1, 0.15) is 31.4 Å². The number of benzene rings is 2. The van der Waals surface area contributed by atoms with Crippen molar-refractivity contribution in [2.24, 2.45) is 5.92 Å². The molecule has 1 aliphatic rings. The Bertz CT molecular complexity index is 864. The molecule has 0 aromatic heterocycles. The smallest absolute Gasteiger partial charge is 0.317 e. The van der Waals surface area contributed by atoms with E-state index in [9.17, 15) is 9.59 Å². The van der Waals surface area contributed by atoms with Crippen LogP contribution in [0.5, 0.6) is 11.5 Å². The Balaban J connectivity index is 1.53. The fraction of sp³-hybridized carbons (Fsp3) is 0.391. The van der Waals surface area contributed by atoms with Gasteiger partial charge in [0.1, 0.15) is 11.5 Å². The number of carbonyl (C=O) groups is 2. The van der Waals surface area contributed by atoms with Crippen LogP contribution in [-0.2, 0) is 4.79 Å². The van der Waals surface area contributed by atoms with E-state index in [4.69, 9.17) is 9.47 Å². The van der Waals surface area contributed by atoms with E-state index in [1.807, 2.05) is 55.5 Å². The summed E-state index contributed by atoms with van der Waals surface area (Å²) in [5, 5.41) is 5.98. The third kappa shape index (κ3) is 5.23. The first-order chi connectivity index (χ1) is 14.5.